The fourth-order valence-electron chi connectivity index (χ4n) is 3.57. The van der Waals surface area contributed by atoms with E-state index in [4.69, 9.17) is 23.2 Å². The van der Waals surface area contributed by atoms with Crippen molar-refractivity contribution in [2.75, 3.05) is 7.05 Å². The normalized spacial score (nSPS) is 33.0. The Balaban J connectivity index is 1.90. The highest BCUT2D eigenvalue weighted by atomic mass is 35.5. The van der Waals surface area contributed by atoms with Crippen LogP contribution < -0.4 is 0 Å². The lowest BCUT2D eigenvalue weighted by molar-refractivity contribution is 0.156. The predicted octanol–water partition coefficient (Wildman–Crippen LogP) is 4.33. The summed E-state index contributed by atoms with van der Waals surface area (Å²) < 4.78 is 0. The van der Waals surface area contributed by atoms with Gasteiger partial charge in [0.25, 0.3) is 0 Å². The molecule has 0 saturated carbocycles. The van der Waals surface area contributed by atoms with Crippen molar-refractivity contribution in [1.29, 1.82) is 0 Å². The van der Waals surface area contributed by atoms with Crippen molar-refractivity contribution in [2.45, 2.75) is 43.7 Å². The standard InChI is InChI=1S/C14H17Cl2N/c1-17-10-3-5-11(14(17)7-4-10)9-2-6-12(15)13(16)8-9/h2,6,8,10-11,14H,3-5,7H2,1H3. The van der Waals surface area contributed by atoms with E-state index in [9.17, 15) is 0 Å². The zero-order valence-corrected chi connectivity index (χ0v) is 11.5. The second-order valence-electron chi connectivity index (χ2n) is 5.32. The molecule has 2 aliphatic rings. The van der Waals surface area contributed by atoms with Gasteiger partial charge in [0.2, 0.25) is 0 Å². The quantitative estimate of drug-likeness (QED) is 0.734. The first-order valence-electron chi connectivity index (χ1n) is 6.33. The number of rotatable bonds is 1. The third-order valence-corrected chi connectivity index (χ3v) is 5.28. The molecule has 92 valence electrons. The second-order valence-corrected chi connectivity index (χ2v) is 6.14. The molecule has 17 heavy (non-hydrogen) atoms. The SMILES string of the molecule is CN1C2CCC(c3ccc(Cl)c(Cl)c3)C1CC2. The summed E-state index contributed by atoms with van der Waals surface area (Å²) in [4.78, 5) is 2.57. The van der Waals surface area contributed by atoms with Crippen molar-refractivity contribution in [3.63, 3.8) is 0 Å². The van der Waals surface area contributed by atoms with E-state index in [0.29, 0.717) is 22.0 Å². The zero-order chi connectivity index (χ0) is 12.0. The summed E-state index contributed by atoms with van der Waals surface area (Å²) in [6.07, 6.45) is 5.29. The smallest absolute Gasteiger partial charge is 0.0595 e. The summed E-state index contributed by atoms with van der Waals surface area (Å²) in [7, 11) is 2.27. The molecule has 0 amide bonds. The molecular formula is C14H17Cl2N. The van der Waals surface area contributed by atoms with Crippen LogP contribution in [0, 0.1) is 0 Å². The molecule has 0 N–H and O–H groups in total. The monoisotopic (exact) mass is 269 g/mol. The van der Waals surface area contributed by atoms with Crippen LogP contribution in [0.15, 0.2) is 18.2 Å². The van der Waals surface area contributed by atoms with E-state index < -0.39 is 0 Å². The minimum Gasteiger partial charge on any atom is -0.300 e. The predicted molar refractivity (Wildman–Crippen MR) is 73.0 cm³/mol. The van der Waals surface area contributed by atoms with Crippen LogP contribution in [-0.4, -0.2) is 24.0 Å². The average Bonchev–Trinajstić information content (AvgIpc) is 2.56. The molecule has 3 rings (SSSR count). The summed E-state index contributed by atoms with van der Waals surface area (Å²) in [5.41, 5.74) is 1.36. The Morgan fingerprint density at radius 3 is 2.59 bits per heavy atom. The largest absolute Gasteiger partial charge is 0.300 e. The van der Waals surface area contributed by atoms with E-state index in [2.05, 4.69) is 24.1 Å². The van der Waals surface area contributed by atoms with Crippen molar-refractivity contribution >= 4 is 23.2 Å². The fraction of sp³-hybridized carbons (Fsp3) is 0.571. The van der Waals surface area contributed by atoms with Crippen LogP contribution in [0.3, 0.4) is 0 Å². The van der Waals surface area contributed by atoms with Gasteiger partial charge in [0.15, 0.2) is 0 Å². The Kier molecular flexibility index (Phi) is 3.10. The van der Waals surface area contributed by atoms with Gasteiger partial charge in [-0.2, -0.15) is 0 Å². The first-order valence-corrected chi connectivity index (χ1v) is 7.09. The van der Waals surface area contributed by atoms with Crippen molar-refractivity contribution in [2.24, 2.45) is 0 Å². The molecule has 2 aliphatic heterocycles. The highest BCUT2D eigenvalue weighted by Gasteiger charge is 2.40. The van der Waals surface area contributed by atoms with Gasteiger partial charge in [0.05, 0.1) is 10.0 Å². The molecule has 3 heteroatoms. The topological polar surface area (TPSA) is 3.24 Å². The molecule has 2 saturated heterocycles. The van der Waals surface area contributed by atoms with Crippen LogP contribution in [0.2, 0.25) is 10.0 Å². The second kappa shape index (κ2) is 4.46. The molecule has 2 heterocycles. The van der Waals surface area contributed by atoms with Gasteiger partial charge >= 0.3 is 0 Å². The van der Waals surface area contributed by atoms with Gasteiger partial charge in [0.1, 0.15) is 0 Å². The number of nitrogens with zero attached hydrogens (tertiary/aromatic N) is 1. The van der Waals surface area contributed by atoms with Crippen molar-refractivity contribution in [3.8, 4) is 0 Å². The molecule has 0 radical (unpaired) electrons. The number of hydrogen-bond donors (Lipinski definition) is 0. The van der Waals surface area contributed by atoms with E-state index >= 15 is 0 Å². The molecule has 0 aliphatic carbocycles. The van der Waals surface area contributed by atoms with Crippen LogP contribution in [0.1, 0.15) is 37.2 Å². The van der Waals surface area contributed by atoms with Crippen LogP contribution >= 0.6 is 23.2 Å². The highest BCUT2D eigenvalue weighted by molar-refractivity contribution is 6.42. The molecule has 1 aromatic carbocycles. The minimum absolute atomic E-state index is 0.633. The molecule has 0 spiro atoms. The number of likely N-dealkylation sites (N-methyl/N-ethyl adjacent to an activating group) is 1. The Bertz CT molecular complexity index is 432. The minimum atomic E-state index is 0.633. The Morgan fingerprint density at radius 1 is 1.06 bits per heavy atom. The van der Waals surface area contributed by atoms with Gasteiger partial charge in [-0.1, -0.05) is 29.3 Å². The molecular weight excluding hydrogens is 253 g/mol. The maximum absolute atomic E-state index is 6.13. The number of halogens is 2. The third kappa shape index (κ3) is 1.99. The molecule has 1 aromatic rings. The molecule has 2 fully saturated rings. The molecule has 2 bridgehead atoms. The Labute approximate surface area is 113 Å². The summed E-state index contributed by atoms with van der Waals surface area (Å²) in [5.74, 6) is 0.633. The van der Waals surface area contributed by atoms with E-state index in [1.807, 2.05) is 6.07 Å². The number of benzene rings is 1. The Morgan fingerprint density at radius 2 is 1.82 bits per heavy atom. The van der Waals surface area contributed by atoms with Crippen molar-refractivity contribution in [1.82, 2.24) is 4.90 Å². The summed E-state index contributed by atoms with van der Waals surface area (Å²) >= 11 is 12.1. The summed E-state index contributed by atoms with van der Waals surface area (Å²) in [6, 6.07) is 7.65. The van der Waals surface area contributed by atoms with E-state index in [-0.39, 0.29) is 0 Å². The molecule has 0 aromatic heterocycles. The van der Waals surface area contributed by atoms with Crippen LogP contribution in [0.5, 0.6) is 0 Å². The van der Waals surface area contributed by atoms with Gasteiger partial charge < -0.3 is 0 Å². The first-order chi connectivity index (χ1) is 8.16. The summed E-state index contributed by atoms with van der Waals surface area (Å²) in [6.45, 7) is 0. The van der Waals surface area contributed by atoms with Crippen LogP contribution in [-0.2, 0) is 0 Å². The summed E-state index contributed by atoms with van der Waals surface area (Å²) in [5, 5.41) is 1.34. The maximum atomic E-state index is 6.13. The fourth-order valence-corrected chi connectivity index (χ4v) is 3.88. The molecule has 1 nitrogen and oxygen atoms in total. The number of fused-ring (bicyclic) bond motifs is 2. The molecule has 3 unspecified atom stereocenters. The van der Waals surface area contributed by atoms with E-state index in [0.717, 1.165) is 6.04 Å². The van der Waals surface area contributed by atoms with E-state index in [1.165, 1.54) is 31.2 Å². The van der Waals surface area contributed by atoms with Crippen molar-refractivity contribution in [3.05, 3.63) is 33.8 Å². The van der Waals surface area contributed by atoms with Crippen LogP contribution in [0.25, 0.3) is 0 Å². The lowest BCUT2D eigenvalue weighted by Gasteiger charge is -2.38. The lowest BCUT2D eigenvalue weighted by atomic mass is 9.85. The Hall–Kier alpha value is -0.240. The van der Waals surface area contributed by atoms with Gasteiger partial charge in [-0.05, 0) is 56.3 Å². The van der Waals surface area contributed by atoms with Gasteiger partial charge in [0, 0.05) is 12.1 Å². The number of hydrogen-bond acceptors (Lipinski definition) is 1. The van der Waals surface area contributed by atoms with E-state index in [1.54, 1.807) is 0 Å². The average molecular weight is 270 g/mol. The first kappa shape index (κ1) is 11.8. The van der Waals surface area contributed by atoms with Gasteiger partial charge in [-0.25, -0.2) is 0 Å². The lowest BCUT2D eigenvalue weighted by Crippen LogP contribution is -2.40. The highest BCUT2D eigenvalue weighted by Crippen LogP contribution is 2.43. The zero-order valence-electron chi connectivity index (χ0n) is 10.00. The number of piperidine rings is 1. The van der Waals surface area contributed by atoms with Crippen LogP contribution in [0.4, 0.5) is 0 Å². The maximum Gasteiger partial charge on any atom is 0.0595 e. The molecule has 3 atom stereocenters. The van der Waals surface area contributed by atoms with Crippen molar-refractivity contribution < 1.29 is 0 Å². The third-order valence-electron chi connectivity index (χ3n) is 4.54. The van der Waals surface area contributed by atoms with Gasteiger partial charge in [-0.15, -0.1) is 0 Å². The van der Waals surface area contributed by atoms with Gasteiger partial charge in [-0.3, -0.25) is 4.90 Å².